The Bertz CT molecular complexity index is 218. The molecule has 0 spiro atoms. The van der Waals surface area contributed by atoms with Crippen LogP contribution in [0.25, 0.3) is 0 Å². The smallest absolute Gasteiger partial charge is 0.0893 e. The van der Waals surface area contributed by atoms with Crippen LogP contribution in [0.1, 0.15) is 0 Å². The highest BCUT2D eigenvalue weighted by Gasteiger charge is 2.38. The number of hydrogen-bond donors (Lipinski definition) is 7. The quantitative estimate of drug-likeness (QED) is 0.205. The molecule has 0 amide bonds. The van der Waals surface area contributed by atoms with Gasteiger partial charge in [-0.25, -0.2) is 0 Å². The number of hydrogen-bond acceptors (Lipinski definition) is 8. The predicted molar refractivity (Wildman–Crippen MR) is 64.2 cm³/mol. The summed E-state index contributed by atoms with van der Waals surface area (Å²) in [7, 11) is 0. The lowest BCUT2D eigenvalue weighted by atomic mass is 9.84. The molecule has 1 unspecified atom stereocenters. The van der Waals surface area contributed by atoms with Gasteiger partial charge in [-0.3, -0.25) is 0 Å². The number of ether oxygens (including phenoxy) is 1. The lowest BCUT2D eigenvalue weighted by molar-refractivity contribution is -0.135. The van der Waals surface area contributed by atoms with Gasteiger partial charge in [-0.2, -0.15) is 0 Å². The first-order valence-corrected chi connectivity index (χ1v) is 5.90. The zero-order chi connectivity index (χ0) is 14.9. The van der Waals surface area contributed by atoms with E-state index in [0.29, 0.717) is 0 Å². The van der Waals surface area contributed by atoms with Crippen molar-refractivity contribution in [2.24, 2.45) is 10.8 Å². The molecule has 7 N–H and O–H groups in total. The molecule has 0 aliphatic heterocycles. The monoisotopic (exact) mass is 284 g/mol. The predicted octanol–water partition coefficient (Wildman–Crippen LogP) is -3.71. The van der Waals surface area contributed by atoms with E-state index in [9.17, 15) is 15.3 Å². The third-order valence-electron chi connectivity index (χ3n) is 3.31. The van der Waals surface area contributed by atoms with Gasteiger partial charge in [0, 0.05) is 0 Å². The van der Waals surface area contributed by atoms with Crippen molar-refractivity contribution in [3.05, 3.63) is 0 Å². The van der Waals surface area contributed by atoms with Crippen LogP contribution < -0.4 is 0 Å². The fourth-order valence-corrected chi connectivity index (χ4v) is 1.40. The number of aliphatic hydroxyl groups is 7. The summed E-state index contributed by atoms with van der Waals surface area (Å²) in [5.41, 5.74) is -2.68. The van der Waals surface area contributed by atoms with Crippen molar-refractivity contribution >= 4 is 0 Å². The highest BCUT2D eigenvalue weighted by Crippen LogP contribution is 2.23. The van der Waals surface area contributed by atoms with E-state index >= 15 is 0 Å². The van der Waals surface area contributed by atoms with E-state index in [1.165, 1.54) is 0 Å². The van der Waals surface area contributed by atoms with Crippen molar-refractivity contribution in [1.82, 2.24) is 0 Å². The molecule has 0 aliphatic carbocycles. The summed E-state index contributed by atoms with van der Waals surface area (Å²) in [6.07, 6.45) is -1.38. The summed E-state index contributed by atoms with van der Waals surface area (Å²) in [5.74, 6) is 0. The van der Waals surface area contributed by atoms with Crippen LogP contribution in [0, 0.1) is 10.8 Å². The SMILES string of the molecule is OCC(O)C(CO)(CO)COCC(CO)(CO)CO. The van der Waals surface area contributed by atoms with E-state index in [1.54, 1.807) is 0 Å². The van der Waals surface area contributed by atoms with Crippen LogP contribution in [0.5, 0.6) is 0 Å². The first kappa shape index (κ1) is 18.7. The summed E-state index contributed by atoms with van der Waals surface area (Å²) in [6, 6.07) is 0. The largest absolute Gasteiger partial charge is 0.396 e. The second-order valence-corrected chi connectivity index (χ2v) is 4.84. The molecule has 8 nitrogen and oxygen atoms in total. The van der Waals surface area contributed by atoms with Gasteiger partial charge in [0.15, 0.2) is 0 Å². The van der Waals surface area contributed by atoms with E-state index in [1.807, 2.05) is 0 Å². The zero-order valence-electron chi connectivity index (χ0n) is 10.8. The highest BCUT2D eigenvalue weighted by molar-refractivity contribution is 4.86. The van der Waals surface area contributed by atoms with Crippen molar-refractivity contribution in [3.63, 3.8) is 0 Å². The molecule has 19 heavy (non-hydrogen) atoms. The van der Waals surface area contributed by atoms with Crippen molar-refractivity contribution in [2.45, 2.75) is 6.10 Å². The lowest BCUT2D eigenvalue weighted by Crippen LogP contribution is -2.49. The summed E-state index contributed by atoms with van der Waals surface area (Å²) < 4.78 is 5.17. The maximum absolute atomic E-state index is 9.57. The summed E-state index contributed by atoms with van der Waals surface area (Å²) in [5, 5.41) is 64.2. The Kier molecular flexibility index (Phi) is 8.62. The Balaban J connectivity index is 4.57. The Morgan fingerprint density at radius 1 is 0.737 bits per heavy atom. The minimum absolute atomic E-state index is 0.226. The zero-order valence-corrected chi connectivity index (χ0v) is 10.8. The first-order valence-electron chi connectivity index (χ1n) is 5.90. The molecular formula is C11H24O8. The van der Waals surface area contributed by atoms with Crippen LogP contribution in [-0.2, 0) is 4.74 Å². The molecule has 116 valence electrons. The van der Waals surface area contributed by atoms with Crippen molar-refractivity contribution in [2.75, 3.05) is 52.9 Å². The van der Waals surface area contributed by atoms with Gasteiger partial charge in [0.2, 0.25) is 0 Å². The molecule has 0 aromatic carbocycles. The van der Waals surface area contributed by atoms with Crippen LogP contribution in [0.2, 0.25) is 0 Å². The molecule has 0 aromatic rings. The minimum atomic E-state index is -1.44. The van der Waals surface area contributed by atoms with Crippen LogP contribution >= 0.6 is 0 Å². The van der Waals surface area contributed by atoms with Crippen LogP contribution in [0.3, 0.4) is 0 Å². The average molecular weight is 284 g/mol. The number of aliphatic hydroxyl groups excluding tert-OH is 7. The minimum Gasteiger partial charge on any atom is -0.396 e. The van der Waals surface area contributed by atoms with Gasteiger partial charge in [0.05, 0.1) is 69.8 Å². The van der Waals surface area contributed by atoms with E-state index in [2.05, 4.69) is 0 Å². The molecule has 0 saturated heterocycles. The topological polar surface area (TPSA) is 151 Å². The van der Waals surface area contributed by atoms with E-state index in [-0.39, 0.29) is 13.2 Å². The van der Waals surface area contributed by atoms with Gasteiger partial charge in [0.1, 0.15) is 0 Å². The standard InChI is InChI=1S/C11H24O8/c12-1-9(18)11(5-16,6-17)8-19-7-10(2-13,3-14)4-15/h9,12-18H,1-8H2. The molecule has 1 atom stereocenters. The van der Waals surface area contributed by atoms with Gasteiger partial charge < -0.3 is 40.5 Å². The average Bonchev–Trinajstić information content (AvgIpc) is 2.48. The van der Waals surface area contributed by atoms with Crippen LogP contribution in [0.15, 0.2) is 0 Å². The first-order chi connectivity index (χ1) is 8.99. The summed E-state index contributed by atoms with van der Waals surface area (Å²) in [6.45, 7) is -3.93. The lowest BCUT2D eigenvalue weighted by Gasteiger charge is -2.35. The van der Waals surface area contributed by atoms with Crippen LogP contribution in [0.4, 0.5) is 0 Å². The van der Waals surface area contributed by atoms with E-state index < -0.39 is 56.6 Å². The third-order valence-corrected chi connectivity index (χ3v) is 3.31. The molecule has 0 heterocycles. The van der Waals surface area contributed by atoms with Gasteiger partial charge in [-0.1, -0.05) is 0 Å². The molecule has 0 bridgehead atoms. The molecule has 0 aliphatic rings. The molecular weight excluding hydrogens is 260 g/mol. The van der Waals surface area contributed by atoms with Crippen LogP contribution in [-0.4, -0.2) is 94.7 Å². The molecule has 0 rings (SSSR count). The van der Waals surface area contributed by atoms with Gasteiger partial charge in [0.25, 0.3) is 0 Å². The summed E-state index contributed by atoms with van der Waals surface area (Å²) in [4.78, 5) is 0. The van der Waals surface area contributed by atoms with Gasteiger partial charge >= 0.3 is 0 Å². The van der Waals surface area contributed by atoms with E-state index in [0.717, 1.165) is 0 Å². The summed E-state index contributed by atoms with van der Waals surface area (Å²) >= 11 is 0. The molecule has 0 radical (unpaired) electrons. The highest BCUT2D eigenvalue weighted by atomic mass is 16.5. The van der Waals surface area contributed by atoms with Crippen molar-refractivity contribution in [1.29, 1.82) is 0 Å². The number of rotatable bonds is 11. The molecule has 0 fully saturated rings. The fourth-order valence-electron chi connectivity index (χ4n) is 1.40. The van der Waals surface area contributed by atoms with Crippen molar-refractivity contribution < 1.29 is 40.5 Å². The molecule has 0 aromatic heterocycles. The second-order valence-electron chi connectivity index (χ2n) is 4.84. The van der Waals surface area contributed by atoms with Crippen molar-refractivity contribution in [3.8, 4) is 0 Å². The molecule has 8 heteroatoms. The fraction of sp³-hybridized carbons (Fsp3) is 1.00. The normalized spacial score (nSPS) is 14.7. The Labute approximate surface area is 111 Å². The second kappa shape index (κ2) is 8.77. The maximum atomic E-state index is 9.57. The Morgan fingerprint density at radius 3 is 1.53 bits per heavy atom. The third kappa shape index (κ3) is 4.62. The van der Waals surface area contributed by atoms with E-state index in [4.69, 9.17) is 25.2 Å². The Hall–Kier alpha value is -0.320. The Morgan fingerprint density at radius 2 is 1.21 bits per heavy atom. The van der Waals surface area contributed by atoms with Gasteiger partial charge in [-0.05, 0) is 0 Å². The maximum Gasteiger partial charge on any atom is 0.0893 e. The van der Waals surface area contributed by atoms with Gasteiger partial charge in [-0.15, -0.1) is 0 Å². The molecule has 0 saturated carbocycles.